The van der Waals surface area contributed by atoms with Crippen molar-refractivity contribution in [3.05, 3.63) is 170 Å². The van der Waals surface area contributed by atoms with Gasteiger partial charge in [-0.25, -0.2) is 0 Å². The van der Waals surface area contributed by atoms with Gasteiger partial charge >= 0.3 is 0 Å². The zero-order valence-electron chi connectivity index (χ0n) is 26.2. The maximum Gasteiger partial charge on any atom is -0.00201 e. The third kappa shape index (κ3) is 3.55. The summed E-state index contributed by atoms with van der Waals surface area (Å²) in [5.41, 5.74) is 18.2. The van der Waals surface area contributed by atoms with Crippen LogP contribution in [0, 0.1) is 0 Å². The first-order chi connectivity index (χ1) is 23.8. The van der Waals surface area contributed by atoms with Gasteiger partial charge in [-0.05, 0) is 122 Å². The largest absolute Gasteiger partial charge is 0.0616 e. The third-order valence-corrected chi connectivity index (χ3v) is 10.8. The molecule has 0 radical (unpaired) electrons. The maximum atomic E-state index is 2.37. The van der Waals surface area contributed by atoms with Gasteiger partial charge in [-0.3, -0.25) is 0 Å². The third-order valence-electron chi connectivity index (χ3n) is 10.8. The second kappa shape index (κ2) is 9.64. The molecule has 2 aliphatic rings. The average Bonchev–Trinajstić information content (AvgIpc) is 3.66. The quantitative estimate of drug-likeness (QED) is 0.188. The Morgan fingerprint density at radius 1 is 0.208 bits per heavy atom. The van der Waals surface area contributed by atoms with Crippen LogP contribution in [0.5, 0.6) is 0 Å². The highest BCUT2D eigenvalue weighted by Gasteiger charge is 2.23. The van der Waals surface area contributed by atoms with Crippen molar-refractivity contribution >= 4 is 32.3 Å². The molecule has 0 N–H and O–H groups in total. The second-order valence-corrected chi connectivity index (χ2v) is 13.2. The Labute approximate surface area is 279 Å². The molecule has 0 heterocycles. The highest BCUT2D eigenvalue weighted by molar-refractivity contribution is 6.20. The van der Waals surface area contributed by atoms with Gasteiger partial charge in [0, 0.05) is 0 Å². The summed E-state index contributed by atoms with van der Waals surface area (Å²) in [6.07, 6.45) is 0. The molecule has 0 atom stereocenters. The number of hydrogen-bond donors (Lipinski definition) is 0. The molecule has 2 aliphatic carbocycles. The van der Waals surface area contributed by atoms with Gasteiger partial charge in [0.05, 0.1) is 0 Å². The molecule has 220 valence electrons. The second-order valence-electron chi connectivity index (χ2n) is 13.2. The molecule has 0 nitrogen and oxygen atoms in total. The van der Waals surface area contributed by atoms with Gasteiger partial charge in [-0.2, -0.15) is 0 Å². The van der Waals surface area contributed by atoms with Gasteiger partial charge < -0.3 is 0 Å². The first-order valence-electron chi connectivity index (χ1n) is 16.8. The number of benzene rings is 9. The minimum Gasteiger partial charge on any atom is -0.0616 e. The first kappa shape index (κ1) is 25.9. The lowest BCUT2D eigenvalue weighted by molar-refractivity contribution is 1.62. The summed E-state index contributed by atoms with van der Waals surface area (Å²) in [6, 6.07) is 63.2. The van der Waals surface area contributed by atoms with Crippen molar-refractivity contribution in [1.82, 2.24) is 0 Å². The van der Waals surface area contributed by atoms with E-state index in [1.165, 1.54) is 110 Å². The monoisotopic (exact) mass is 604 g/mol. The summed E-state index contributed by atoms with van der Waals surface area (Å²) in [7, 11) is 0. The summed E-state index contributed by atoms with van der Waals surface area (Å²) < 4.78 is 0. The molecule has 0 aliphatic heterocycles. The van der Waals surface area contributed by atoms with Gasteiger partial charge in [-0.15, -0.1) is 0 Å². The standard InChI is InChI=1S/C48H28/c1-3-9-39-37(7-1)43-13-5-11-41-35(23-25-45(39)47(41)43)31-19-15-29(16-20-31)32-21-17-30-18-22-33(28-34(30)27-32)36-24-26-46-40-10-4-2-8-38(40)44-14-6-12-42(36)48(44)46/h1-28H. The van der Waals surface area contributed by atoms with Crippen molar-refractivity contribution in [3.63, 3.8) is 0 Å². The van der Waals surface area contributed by atoms with Crippen LogP contribution in [-0.4, -0.2) is 0 Å². The van der Waals surface area contributed by atoms with E-state index >= 15 is 0 Å². The van der Waals surface area contributed by atoms with E-state index in [1.54, 1.807) is 0 Å². The summed E-state index contributed by atoms with van der Waals surface area (Å²) in [6.45, 7) is 0. The number of fused-ring (bicyclic) bond motifs is 7. The van der Waals surface area contributed by atoms with E-state index < -0.39 is 0 Å². The van der Waals surface area contributed by atoms with Crippen molar-refractivity contribution in [2.45, 2.75) is 0 Å². The van der Waals surface area contributed by atoms with E-state index in [0.29, 0.717) is 0 Å². The van der Waals surface area contributed by atoms with Crippen LogP contribution in [0.25, 0.3) is 110 Å². The van der Waals surface area contributed by atoms with Crippen LogP contribution in [0.1, 0.15) is 0 Å². The Kier molecular flexibility index (Phi) is 5.20. The van der Waals surface area contributed by atoms with Crippen LogP contribution >= 0.6 is 0 Å². The SMILES string of the molecule is c1ccc2c(c1)-c1cccc3c(-c4ccc(-c5ccc6ccc(-c7ccc8c9c(cccc79)-c7ccccc7-8)cc6c5)cc4)ccc-2c13. The zero-order chi connectivity index (χ0) is 31.3. The van der Waals surface area contributed by atoms with Crippen LogP contribution in [0.2, 0.25) is 0 Å². The molecule has 9 aromatic carbocycles. The summed E-state index contributed by atoms with van der Waals surface area (Å²) in [5, 5.41) is 7.89. The molecular formula is C48H28. The van der Waals surface area contributed by atoms with Crippen LogP contribution in [0.3, 0.4) is 0 Å². The van der Waals surface area contributed by atoms with Crippen LogP contribution < -0.4 is 0 Å². The van der Waals surface area contributed by atoms with Gasteiger partial charge in [-0.1, -0.05) is 158 Å². The lowest BCUT2D eigenvalue weighted by Gasteiger charge is -2.12. The highest BCUT2D eigenvalue weighted by atomic mass is 14.3. The predicted octanol–water partition coefficient (Wildman–Crippen LogP) is 13.4. The minimum atomic E-state index is 1.23. The fourth-order valence-corrected chi connectivity index (χ4v) is 8.56. The van der Waals surface area contributed by atoms with Crippen LogP contribution in [-0.2, 0) is 0 Å². The van der Waals surface area contributed by atoms with Crippen molar-refractivity contribution in [2.75, 3.05) is 0 Å². The number of hydrogen-bond acceptors (Lipinski definition) is 0. The zero-order valence-corrected chi connectivity index (χ0v) is 26.2. The van der Waals surface area contributed by atoms with E-state index in [1.807, 2.05) is 0 Å². The summed E-state index contributed by atoms with van der Waals surface area (Å²) >= 11 is 0. The Balaban J connectivity index is 0.975. The van der Waals surface area contributed by atoms with Crippen LogP contribution in [0.15, 0.2) is 170 Å². The lowest BCUT2D eigenvalue weighted by Crippen LogP contribution is -1.86. The molecule has 0 aromatic heterocycles. The molecule has 0 spiro atoms. The van der Waals surface area contributed by atoms with Gasteiger partial charge in [0.25, 0.3) is 0 Å². The number of rotatable bonds is 3. The van der Waals surface area contributed by atoms with E-state index in [0.717, 1.165) is 0 Å². The minimum absolute atomic E-state index is 1.23. The van der Waals surface area contributed by atoms with Gasteiger partial charge in [0.1, 0.15) is 0 Å². The molecule has 0 heteroatoms. The molecule has 0 saturated heterocycles. The Morgan fingerprint density at radius 3 is 1.17 bits per heavy atom. The lowest BCUT2D eigenvalue weighted by atomic mass is 9.92. The molecular weight excluding hydrogens is 577 g/mol. The van der Waals surface area contributed by atoms with Crippen molar-refractivity contribution < 1.29 is 0 Å². The topological polar surface area (TPSA) is 0 Å². The molecule has 0 amide bonds. The molecule has 0 fully saturated rings. The molecule has 0 bridgehead atoms. The predicted molar refractivity (Wildman–Crippen MR) is 204 cm³/mol. The van der Waals surface area contributed by atoms with E-state index in [4.69, 9.17) is 0 Å². The van der Waals surface area contributed by atoms with E-state index in [9.17, 15) is 0 Å². The van der Waals surface area contributed by atoms with Crippen molar-refractivity contribution in [1.29, 1.82) is 0 Å². The maximum absolute atomic E-state index is 2.37. The Morgan fingerprint density at radius 2 is 0.604 bits per heavy atom. The molecule has 0 unspecified atom stereocenters. The van der Waals surface area contributed by atoms with Crippen molar-refractivity contribution in [2.24, 2.45) is 0 Å². The average molecular weight is 605 g/mol. The molecule has 48 heavy (non-hydrogen) atoms. The fraction of sp³-hybridized carbons (Fsp3) is 0. The van der Waals surface area contributed by atoms with Gasteiger partial charge in [0.2, 0.25) is 0 Å². The fourth-order valence-electron chi connectivity index (χ4n) is 8.56. The van der Waals surface area contributed by atoms with E-state index in [2.05, 4.69) is 170 Å². The van der Waals surface area contributed by atoms with Crippen LogP contribution in [0.4, 0.5) is 0 Å². The first-order valence-corrected chi connectivity index (χ1v) is 16.8. The highest BCUT2D eigenvalue weighted by Crippen LogP contribution is 2.50. The molecule has 0 saturated carbocycles. The molecule has 11 rings (SSSR count). The van der Waals surface area contributed by atoms with E-state index in [-0.39, 0.29) is 0 Å². The van der Waals surface area contributed by atoms with Crippen molar-refractivity contribution in [3.8, 4) is 77.9 Å². The Bertz CT molecular complexity index is 2760. The summed E-state index contributed by atoms with van der Waals surface area (Å²) in [5.74, 6) is 0. The summed E-state index contributed by atoms with van der Waals surface area (Å²) in [4.78, 5) is 0. The normalized spacial score (nSPS) is 12.2. The smallest absolute Gasteiger partial charge is 0.00201 e. The Hall–Kier alpha value is -6.24. The molecule has 9 aromatic rings. The van der Waals surface area contributed by atoms with Gasteiger partial charge in [0.15, 0.2) is 0 Å².